The Kier molecular flexibility index (Phi) is 4.08. The topological polar surface area (TPSA) is 44.5 Å². The van der Waals surface area contributed by atoms with E-state index in [1.54, 1.807) is 14.2 Å². The highest BCUT2D eigenvalue weighted by Crippen LogP contribution is 2.39. The molecule has 0 saturated heterocycles. The molecule has 0 fully saturated rings. The summed E-state index contributed by atoms with van der Waals surface area (Å²) in [5.41, 5.74) is 10.2. The Labute approximate surface area is 132 Å². The van der Waals surface area contributed by atoms with E-state index in [2.05, 4.69) is 30.3 Å². The number of hydrogen-bond acceptors (Lipinski definition) is 3. The molecule has 22 heavy (non-hydrogen) atoms. The molecule has 0 amide bonds. The van der Waals surface area contributed by atoms with Gasteiger partial charge in [-0.05, 0) is 42.9 Å². The van der Waals surface area contributed by atoms with Gasteiger partial charge in [0, 0.05) is 11.1 Å². The average Bonchev–Trinajstić information content (AvgIpc) is 2.55. The van der Waals surface area contributed by atoms with Crippen LogP contribution in [0.2, 0.25) is 0 Å². The zero-order valence-corrected chi connectivity index (χ0v) is 13.3. The molecule has 1 unspecified atom stereocenters. The van der Waals surface area contributed by atoms with Crippen molar-refractivity contribution in [2.45, 2.75) is 31.2 Å². The Morgan fingerprint density at radius 2 is 1.86 bits per heavy atom. The van der Waals surface area contributed by atoms with Gasteiger partial charge in [-0.3, -0.25) is 0 Å². The van der Waals surface area contributed by atoms with Gasteiger partial charge in [0.25, 0.3) is 0 Å². The minimum atomic E-state index is -0.339. The molecule has 0 heterocycles. The van der Waals surface area contributed by atoms with Gasteiger partial charge in [0.15, 0.2) is 11.5 Å². The highest BCUT2D eigenvalue weighted by Gasteiger charge is 2.33. The molecule has 1 aliphatic carbocycles. The van der Waals surface area contributed by atoms with Crippen LogP contribution in [0.5, 0.6) is 11.5 Å². The first-order valence-electron chi connectivity index (χ1n) is 7.75. The molecule has 0 aromatic heterocycles. The third-order valence-corrected chi connectivity index (χ3v) is 4.61. The Morgan fingerprint density at radius 3 is 2.64 bits per heavy atom. The Morgan fingerprint density at radius 1 is 1.05 bits per heavy atom. The summed E-state index contributed by atoms with van der Waals surface area (Å²) in [5, 5.41) is 0. The zero-order chi connectivity index (χ0) is 15.6. The van der Waals surface area contributed by atoms with Crippen molar-refractivity contribution < 1.29 is 9.47 Å². The summed E-state index contributed by atoms with van der Waals surface area (Å²) in [4.78, 5) is 0. The summed E-state index contributed by atoms with van der Waals surface area (Å²) in [6.45, 7) is 0. The lowest BCUT2D eigenvalue weighted by Gasteiger charge is -2.36. The summed E-state index contributed by atoms with van der Waals surface area (Å²) < 4.78 is 11.0. The quantitative estimate of drug-likeness (QED) is 0.940. The van der Waals surface area contributed by atoms with Crippen molar-refractivity contribution in [2.75, 3.05) is 14.2 Å². The second-order valence-corrected chi connectivity index (χ2v) is 6.00. The van der Waals surface area contributed by atoms with E-state index in [9.17, 15) is 0 Å². The summed E-state index contributed by atoms with van der Waals surface area (Å²) in [7, 11) is 3.34. The lowest BCUT2D eigenvalue weighted by Crippen LogP contribution is -2.42. The van der Waals surface area contributed by atoms with E-state index < -0.39 is 0 Å². The van der Waals surface area contributed by atoms with Gasteiger partial charge in [-0.25, -0.2) is 0 Å². The maximum absolute atomic E-state index is 6.82. The molecule has 0 bridgehead atoms. The molecule has 1 atom stereocenters. The molecule has 3 rings (SSSR count). The molecule has 0 spiro atoms. The van der Waals surface area contributed by atoms with Crippen molar-refractivity contribution in [1.82, 2.24) is 0 Å². The number of nitrogens with two attached hydrogens (primary N) is 1. The first kappa shape index (κ1) is 14.9. The van der Waals surface area contributed by atoms with Gasteiger partial charge in [-0.2, -0.15) is 0 Å². The van der Waals surface area contributed by atoms with Crippen LogP contribution < -0.4 is 15.2 Å². The normalized spacial score (nSPS) is 20.3. The Hall–Kier alpha value is -2.00. The monoisotopic (exact) mass is 297 g/mol. The number of benzene rings is 2. The van der Waals surface area contributed by atoms with Gasteiger partial charge < -0.3 is 15.2 Å². The van der Waals surface area contributed by atoms with Crippen LogP contribution in [-0.4, -0.2) is 14.2 Å². The highest BCUT2D eigenvalue weighted by atomic mass is 16.5. The van der Waals surface area contributed by atoms with Crippen molar-refractivity contribution in [2.24, 2.45) is 5.73 Å². The third-order valence-electron chi connectivity index (χ3n) is 4.61. The number of hydrogen-bond donors (Lipinski definition) is 1. The van der Waals surface area contributed by atoms with Gasteiger partial charge >= 0.3 is 0 Å². The third kappa shape index (κ3) is 2.57. The fourth-order valence-corrected chi connectivity index (χ4v) is 3.57. The first-order chi connectivity index (χ1) is 10.7. The SMILES string of the molecule is COc1cccc(CC2(N)CCCc3ccccc32)c1OC. The van der Waals surface area contributed by atoms with E-state index in [0.29, 0.717) is 0 Å². The van der Waals surface area contributed by atoms with E-state index in [-0.39, 0.29) is 5.54 Å². The summed E-state index contributed by atoms with van der Waals surface area (Å²) in [6, 6.07) is 14.5. The predicted molar refractivity (Wildman–Crippen MR) is 88.5 cm³/mol. The smallest absolute Gasteiger partial charge is 0.163 e. The largest absolute Gasteiger partial charge is 0.493 e. The van der Waals surface area contributed by atoms with Gasteiger partial charge in [0.2, 0.25) is 0 Å². The molecule has 3 heteroatoms. The van der Waals surface area contributed by atoms with E-state index in [0.717, 1.165) is 42.7 Å². The van der Waals surface area contributed by atoms with E-state index in [1.807, 2.05) is 12.1 Å². The van der Waals surface area contributed by atoms with Crippen LogP contribution in [0.3, 0.4) is 0 Å². The molecule has 0 saturated carbocycles. The number of fused-ring (bicyclic) bond motifs is 1. The second kappa shape index (κ2) is 6.01. The maximum Gasteiger partial charge on any atom is 0.163 e. The van der Waals surface area contributed by atoms with Crippen LogP contribution in [0, 0.1) is 0 Å². The van der Waals surface area contributed by atoms with Crippen molar-refractivity contribution in [3.63, 3.8) is 0 Å². The van der Waals surface area contributed by atoms with E-state index >= 15 is 0 Å². The van der Waals surface area contributed by atoms with Crippen LogP contribution in [-0.2, 0) is 18.4 Å². The second-order valence-electron chi connectivity index (χ2n) is 6.00. The van der Waals surface area contributed by atoms with Gasteiger partial charge in [0.1, 0.15) is 0 Å². The van der Waals surface area contributed by atoms with Crippen LogP contribution in [0.1, 0.15) is 29.5 Å². The number of methoxy groups -OCH3 is 2. The zero-order valence-electron chi connectivity index (χ0n) is 13.3. The molecule has 1 aliphatic rings. The first-order valence-corrected chi connectivity index (χ1v) is 7.75. The summed E-state index contributed by atoms with van der Waals surface area (Å²) in [6.07, 6.45) is 3.99. The standard InChI is InChI=1S/C19H23NO2/c1-21-17-11-5-8-15(18(17)22-2)13-19(20)12-6-9-14-7-3-4-10-16(14)19/h3-5,7-8,10-11H,6,9,12-13,20H2,1-2H3. The number of aryl methyl sites for hydroxylation is 1. The molecular weight excluding hydrogens is 274 g/mol. The lowest BCUT2D eigenvalue weighted by atomic mass is 9.74. The lowest BCUT2D eigenvalue weighted by molar-refractivity contribution is 0.335. The van der Waals surface area contributed by atoms with Crippen LogP contribution in [0.15, 0.2) is 42.5 Å². The highest BCUT2D eigenvalue weighted by molar-refractivity contribution is 5.48. The minimum Gasteiger partial charge on any atom is -0.493 e. The van der Waals surface area contributed by atoms with Crippen molar-refractivity contribution in [3.05, 3.63) is 59.2 Å². The number of para-hydroxylation sites is 1. The summed E-state index contributed by atoms with van der Waals surface area (Å²) in [5.74, 6) is 1.55. The van der Waals surface area contributed by atoms with E-state index in [4.69, 9.17) is 15.2 Å². The molecular formula is C19H23NO2. The minimum absolute atomic E-state index is 0.339. The molecule has 0 aliphatic heterocycles. The van der Waals surface area contributed by atoms with Gasteiger partial charge in [-0.15, -0.1) is 0 Å². The Bertz CT molecular complexity index is 668. The number of rotatable bonds is 4. The summed E-state index contributed by atoms with van der Waals surface area (Å²) >= 11 is 0. The number of ether oxygens (including phenoxy) is 2. The maximum atomic E-state index is 6.82. The van der Waals surface area contributed by atoms with Crippen LogP contribution >= 0.6 is 0 Å². The fourth-order valence-electron chi connectivity index (χ4n) is 3.57. The van der Waals surface area contributed by atoms with Gasteiger partial charge in [-0.1, -0.05) is 36.4 Å². The van der Waals surface area contributed by atoms with Crippen molar-refractivity contribution in [3.8, 4) is 11.5 Å². The molecule has 0 radical (unpaired) electrons. The molecule has 116 valence electrons. The van der Waals surface area contributed by atoms with Crippen LogP contribution in [0.4, 0.5) is 0 Å². The molecule has 2 aromatic rings. The molecule has 2 aromatic carbocycles. The molecule has 3 nitrogen and oxygen atoms in total. The fraction of sp³-hybridized carbons (Fsp3) is 0.368. The molecule has 2 N–H and O–H groups in total. The van der Waals surface area contributed by atoms with Crippen molar-refractivity contribution >= 4 is 0 Å². The van der Waals surface area contributed by atoms with Gasteiger partial charge in [0.05, 0.1) is 14.2 Å². The predicted octanol–water partition coefficient (Wildman–Crippen LogP) is 3.44. The van der Waals surface area contributed by atoms with Crippen LogP contribution in [0.25, 0.3) is 0 Å². The Balaban J connectivity index is 2.00. The van der Waals surface area contributed by atoms with Crippen molar-refractivity contribution in [1.29, 1.82) is 0 Å². The van der Waals surface area contributed by atoms with E-state index in [1.165, 1.54) is 11.1 Å². The average molecular weight is 297 g/mol.